The van der Waals surface area contributed by atoms with E-state index in [1.54, 1.807) is 6.07 Å². The minimum atomic E-state index is -0.128. The molecule has 9 heteroatoms. The number of hydrogen-bond donors (Lipinski definition) is 1. The van der Waals surface area contributed by atoms with Crippen molar-refractivity contribution in [3.8, 4) is 0 Å². The fourth-order valence-corrected chi connectivity index (χ4v) is 4.34. The van der Waals surface area contributed by atoms with Crippen LogP contribution in [-0.2, 0) is 16.0 Å². The molecular formula is C19H29N5O3S. The van der Waals surface area contributed by atoms with Crippen molar-refractivity contribution in [2.45, 2.75) is 46.0 Å². The standard InChI is InChI=1S/C19H29N5O3S/c1-3-6-15-13-16(25)24-18(21-15)28-19(22-24)23-10-7-14(8-11-23)17(26)20-9-5-12-27-4-2/h13-14H,3-12H2,1-2H3,(H,20,26). The zero-order valence-corrected chi connectivity index (χ0v) is 17.5. The molecule has 1 aliphatic heterocycles. The number of fused-ring (bicyclic) bond motifs is 1. The Morgan fingerprint density at radius 1 is 1.36 bits per heavy atom. The highest BCUT2D eigenvalue weighted by Crippen LogP contribution is 2.27. The first-order valence-corrected chi connectivity index (χ1v) is 10.9. The van der Waals surface area contributed by atoms with Crippen molar-refractivity contribution in [1.82, 2.24) is 19.9 Å². The lowest BCUT2D eigenvalue weighted by Crippen LogP contribution is -2.41. The first kappa shape index (κ1) is 20.7. The maximum atomic E-state index is 12.3. The highest BCUT2D eigenvalue weighted by molar-refractivity contribution is 7.20. The predicted octanol–water partition coefficient (Wildman–Crippen LogP) is 1.86. The maximum absolute atomic E-state index is 12.3. The molecule has 2 aromatic heterocycles. The van der Waals surface area contributed by atoms with Gasteiger partial charge in [0.25, 0.3) is 5.56 Å². The quantitative estimate of drug-likeness (QED) is 0.639. The molecule has 28 heavy (non-hydrogen) atoms. The molecule has 3 rings (SSSR count). The smallest absolute Gasteiger partial charge is 0.275 e. The Balaban J connectivity index is 1.55. The molecule has 0 spiro atoms. The van der Waals surface area contributed by atoms with Crippen LogP contribution in [-0.4, -0.2) is 53.4 Å². The normalized spacial score (nSPS) is 15.3. The molecule has 154 valence electrons. The number of piperidine rings is 1. The lowest BCUT2D eigenvalue weighted by Gasteiger charge is -2.30. The van der Waals surface area contributed by atoms with Crippen molar-refractivity contribution in [3.63, 3.8) is 0 Å². The second kappa shape index (κ2) is 9.97. The van der Waals surface area contributed by atoms with Gasteiger partial charge in [-0.05, 0) is 32.6 Å². The number of nitrogens with zero attached hydrogens (tertiary/aromatic N) is 4. The van der Waals surface area contributed by atoms with Crippen LogP contribution in [0.25, 0.3) is 4.96 Å². The number of carbonyl (C=O) groups excluding carboxylic acids is 1. The summed E-state index contributed by atoms with van der Waals surface area (Å²) < 4.78 is 6.67. The summed E-state index contributed by atoms with van der Waals surface area (Å²) in [5, 5.41) is 8.26. The molecule has 1 fully saturated rings. The number of amides is 1. The van der Waals surface area contributed by atoms with Crippen LogP contribution < -0.4 is 15.8 Å². The monoisotopic (exact) mass is 407 g/mol. The van der Waals surface area contributed by atoms with Crippen molar-refractivity contribution in [1.29, 1.82) is 0 Å². The van der Waals surface area contributed by atoms with Crippen LogP contribution in [0.1, 0.15) is 45.2 Å². The summed E-state index contributed by atoms with van der Waals surface area (Å²) in [6, 6.07) is 1.57. The Bertz CT molecular complexity index is 842. The van der Waals surface area contributed by atoms with Gasteiger partial charge in [-0.2, -0.15) is 4.52 Å². The van der Waals surface area contributed by atoms with Gasteiger partial charge in [-0.15, -0.1) is 5.10 Å². The molecule has 0 aliphatic carbocycles. The lowest BCUT2D eigenvalue weighted by molar-refractivity contribution is -0.125. The highest BCUT2D eigenvalue weighted by atomic mass is 32.1. The molecule has 0 bridgehead atoms. The second-order valence-corrected chi connectivity index (χ2v) is 7.95. The summed E-state index contributed by atoms with van der Waals surface area (Å²) in [5.74, 6) is 0.164. The van der Waals surface area contributed by atoms with E-state index in [1.165, 1.54) is 15.9 Å². The summed E-state index contributed by atoms with van der Waals surface area (Å²) in [6.07, 6.45) is 4.17. The summed E-state index contributed by atoms with van der Waals surface area (Å²) in [6.45, 7) is 7.60. The van der Waals surface area contributed by atoms with Crippen molar-refractivity contribution in [2.24, 2.45) is 5.92 Å². The van der Waals surface area contributed by atoms with E-state index >= 15 is 0 Å². The molecular weight excluding hydrogens is 378 g/mol. The minimum absolute atomic E-state index is 0.0368. The van der Waals surface area contributed by atoms with Gasteiger partial charge in [0.05, 0.1) is 0 Å². The molecule has 8 nitrogen and oxygen atoms in total. The van der Waals surface area contributed by atoms with Gasteiger partial charge in [0.1, 0.15) is 0 Å². The minimum Gasteiger partial charge on any atom is -0.382 e. The second-order valence-electron chi connectivity index (χ2n) is 7.02. The fraction of sp³-hybridized carbons (Fsp3) is 0.684. The third kappa shape index (κ3) is 5.08. The number of rotatable bonds is 9. The SMILES string of the molecule is CCCc1cc(=O)n2nc(N3CCC(C(=O)NCCCOCC)CC3)sc2n1. The Hall–Kier alpha value is -2.00. The van der Waals surface area contributed by atoms with Crippen molar-refractivity contribution in [2.75, 3.05) is 37.7 Å². The topological polar surface area (TPSA) is 88.8 Å². The van der Waals surface area contributed by atoms with E-state index in [4.69, 9.17) is 4.74 Å². The van der Waals surface area contributed by atoms with E-state index in [0.717, 1.165) is 56.0 Å². The summed E-state index contributed by atoms with van der Waals surface area (Å²) in [5.41, 5.74) is 0.694. The van der Waals surface area contributed by atoms with E-state index in [0.29, 0.717) is 24.7 Å². The van der Waals surface area contributed by atoms with E-state index in [1.807, 2.05) is 6.92 Å². The van der Waals surface area contributed by atoms with Gasteiger partial charge in [-0.3, -0.25) is 9.59 Å². The van der Waals surface area contributed by atoms with Gasteiger partial charge in [-0.25, -0.2) is 4.98 Å². The van der Waals surface area contributed by atoms with E-state index < -0.39 is 0 Å². The molecule has 1 saturated heterocycles. The molecule has 0 atom stereocenters. The zero-order chi connectivity index (χ0) is 19.9. The third-order valence-corrected chi connectivity index (χ3v) is 5.87. The van der Waals surface area contributed by atoms with Crippen LogP contribution in [0.15, 0.2) is 10.9 Å². The Morgan fingerprint density at radius 3 is 2.86 bits per heavy atom. The number of ether oxygens (including phenoxy) is 1. The van der Waals surface area contributed by atoms with E-state index in [2.05, 4.69) is 27.2 Å². The van der Waals surface area contributed by atoms with Crippen LogP contribution in [0.4, 0.5) is 5.13 Å². The fourth-order valence-electron chi connectivity index (χ4n) is 3.37. The molecule has 1 aliphatic rings. The molecule has 0 saturated carbocycles. The molecule has 0 unspecified atom stereocenters. The Morgan fingerprint density at radius 2 is 2.14 bits per heavy atom. The molecule has 0 aromatic carbocycles. The summed E-state index contributed by atoms with van der Waals surface area (Å²) in [7, 11) is 0. The van der Waals surface area contributed by atoms with Crippen LogP contribution in [0.2, 0.25) is 0 Å². The van der Waals surface area contributed by atoms with Crippen molar-refractivity contribution >= 4 is 27.3 Å². The van der Waals surface area contributed by atoms with Crippen LogP contribution in [0, 0.1) is 5.92 Å². The molecule has 2 aromatic rings. The Labute approximate surface area is 168 Å². The first-order valence-electron chi connectivity index (χ1n) is 10.1. The average molecular weight is 408 g/mol. The van der Waals surface area contributed by atoms with Gasteiger partial charge in [-0.1, -0.05) is 24.7 Å². The number of hydrogen-bond acceptors (Lipinski definition) is 7. The summed E-state index contributed by atoms with van der Waals surface area (Å²) in [4.78, 5) is 31.9. The maximum Gasteiger partial charge on any atom is 0.275 e. The van der Waals surface area contributed by atoms with Gasteiger partial charge in [0, 0.05) is 50.5 Å². The van der Waals surface area contributed by atoms with Gasteiger partial charge in [0.2, 0.25) is 16.0 Å². The average Bonchev–Trinajstić information content (AvgIpc) is 3.13. The lowest BCUT2D eigenvalue weighted by atomic mass is 9.96. The molecule has 1 N–H and O–H groups in total. The third-order valence-electron chi connectivity index (χ3n) is 4.90. The number of nitrogens with one attached hydrogen (secondary N) is 1. The predicted molar refractivity (Wildman–Crippen MR) is 110 cm³/mol. The Kier molecular flexibility index (Phi) is 7.38. The molecule has 1 amide bonds. The van der Waals surface area contributed by atoms with Crippen LogP contribution in [0.5, 0.6) is 0 Å². The molecule has 3 heterocycles. The first-order chi connectivity index (χ1) is 13.6. The highest BCUT2D eigenvalue weighted by Gasteiger charge is 2.26. The number of anilines is 1. The zero-order valence-electron chi connectivity index (χ0n) is 16.6. The number of carbonyl (C=O) groups is 1. The van der Waals surface area contributed by atoms with Gasteiger partial charge < -0.3 is 15.0 Å². The van der Waals surface area contributed by atoms with E-state index in [9.17, 15) is 9.59 Å². The largest absolute Gasteiger partial charge is 0.382 e. The van der Waals surface area contributed by atoms with E-state index in [-0.39, 0.29) is 17.4 Å². The number of aryl methyl sites for hydroxylation is 1. The summed E-state index contributed by atoms with van der Waals surface area (Å²) >= 11 is 1.44. The van der Waals surface area contributed by atoms with Crippen LogP contribution in [0.3, 0.4) is 0 Å². The van der Waals surface area contributed by atoms with Crippen molar-refractivity contribution in [3.05, 3.63) is 22.1 Å². The van der Waals surface area contributed by atoms with Crippen LogP contribution >= 0.6 is 11.3 Å². The van der Waals surface area contributed by atoms with Crippen molar-refractivity contribution < 1.29 is 9.53 Å². The number of aromatic nitrogens is 3. The van der Waals surface area contributed by atoms with Gasteiger partial charge >= 0.3 is 0 Å². The van der Waals surface area contributed by atoms with Gasteiger partial charge in [0.15, 0.2) is 0 Å². The molecule has 0 radical (unpaired) electrons.